The summed E-state index contributed by atoms with van der Waals surface area (Å²) >= 11 is 2.05. The van der Waals surface area contributed by atoms with E-state index in [4.69, 9.17) is 4.42 Å². The van der Waals surface area contributed by atoms with Gasteiger partial charge in [0.15, 0.2) is 0 Å². The van der Waals surface area contributed by atoms with Crippen LogP contribution in [0, 0.1) is 0 Å². The number of nitrogens with zero attached hydrogens (tertiary/aromatic N) is 4. The second-order valence-corrected chi connectivity index (χ2v) is 9.77. The summed E-state index contributed by atoms with van der Waals surface area (Å²) in [6.45, 7) is 4.16. The Morgan fingerprint density at radius 3 is 2.35 bits per heavy atom. The summed E-state index contributed by atoms with van der Waals surface area (Å²) in [6.07, 6.45) is 7.21. The Balaban J connectivity index is 1.12. The van der Waals surface area contributed by atoms with Crippen LogP contribution in [0.2, 0.25) is 0 Å². The lowest BCUT2D eigenvalue weighted by Crippen LogP contribution is -2.49. The van der Waals surface area contributed by atoms with Gasteiger partial charge < -0.3 is 9.32 Å². The first-order valence-electron chi connectivity index (χ1n) is 11.7. The number of amides is 1. The molecule has 0 aliphatic carbocycles. The van der Waals surface area contributed by atoms with Crippen LogP contribution in [-0.2, 0) is 24.1 Å². The Kier molecular flexibility index (Phi) is 8.41. The van der Waals surface area contributed by atoms with Crippen molar-refractivity contribution >= 4 is 17.7 Å². The first kappa shape index (κ1) is 22.3. The van der Waals surface area contributed by atoms with E-state index in [0.717, 1.165) is 51.6 Å². The second kappa shape index (κ2) is 11.7. The molecule has 2 fully saturated rings. The molecule has 0 saturated carbocycles. The normalized spacial score (nSPS) is 18.4. The van der Waals surface area contributed by atoms with Crippen LogP contribution in [0.5, 0.6) is 0 Å². The van der Waals surface area contributed by atoms with Crippen LogP contribution in [-0.4, -0.2) is 69.6 Å². The van der Waals surface area contributed by atoms with E-state index in [-0.39, 0.29) is 5.91 Å². The number of aromatic nitrogens is 2. The fourth-order valence-electron chi connectivity index (χ4n) is 4.54. The van der Waals surface area contributed by atoms with Crippen LogP contribution in [0.25, 0.3) is 0 Å². The molecule has 0 bridgehead atoms. The molecule has 0 N–H and O–H groups in total. The van der Waals surface area contributed by atoms with Gasteiger partial charge in [-0.15, -0.1) is 10.2 Å². The van der Waals surface area contributed by atoms with Gasteiger partial charge in [0.1, 0.15) is 0 Å². The van der Waals surface area contributed by atoms with Crippen LogP contribution >= 0.6 is 11.8 Å². The molecule has 0 unspecified atom stereocenters. The minimum Gasteiger partial charge on any atom is -0.425 e. The standard InChI is InChI=1S/C24H34N4O2S/c29-24(28-14-12-21(13-15-28)27-16-18-31-19-17-27)11-10-23-26-25-22(30-23)9-5-4-8-20-6-2-1-3-7-20/h1-3,6-7,21H,4-5,8-19H2. The van der Waals surface area contributed by atoms with Crippen LogP contribution in [0.15, 0.2) is 34.7 Å². The molecule has 2 aromatic rings. The molecule has 0 radical (unpaired) electrons. The zero-order chi connectivity index (χ0) is 21.3. The Morgan fingerprint density at radius 1 is 0.935 bits per heavy atom. The SMILES string of the molecule is O=C(CCc1nnc(CCCCc2ccccc2)o1)N1CCC(N2CCSCC2)CC1. The number of carbonyl (C=O) groups is 1. The Hall–Kier alpha value is -1.86. The van der Waals surface area contributed by atoms with E-state index in [0.29, 0.717) is 30.7 Å². The fraction of sp³-hybridized carbons (Fsp3) is 0.625. The molecular formula is C24H34N4O2S. The van der Waals surface area contributed by atoms with Crippen molar-refractivity contribution in [2.24, 2.45) is 0 Å². The number of benzene rings is 1. The van der Waals surface area contributed by atoms with Crippen LogP contribution in [0.1, 0.15) is 49.4 Å². The van der Waals surface area contributed by atoms with Gasteiger partial charge in [0.2, 0.25) is 17.7 Å². The molecule has 2 saturated heterocycles. The van der Waals surface area contributed by atoms with Crippen molar-refractivity contribution in [3.05, 3.63) is 47.7 Å². The number of unbranched alkanes of at least 4 members (excludes halogenated alkanes) is 1. The average Bonchev–Trinajstić information content (AvgIpc) is 3.29. The lowest BCUT2D eigenvalue weighted by atomic mass is 10.0. The molecular weight excluding hydrogens is 408 g/mol. The van der Waals surface area contributed by atoms with Crippen LogP contribution in [0.4, 0.5) is 0 Å². The predicted octanol–water partition coefficient (Wildman–Crippen LogP) is 3.61. The highest BCUT2D eigenvalue weighted by Crippen LogP contribution is 2.21. The van der Waals surface area contributed by atoms with Crippen molar-refractivity contribution in [3.63, 3.8) is 0 Å². The summed E-state index contributed by atoms with van der Waals surface area (Å²) in [7, 11) is 0. The molecule has 1 aromatic carbocycles. The minimum absolute atomic E-state index is 0.218. The molecule has 0 spiro atoms. The van der Waals surface area contributed by atoms with Gasteiger partial charge >= 0.3 is 0 Å². The van der Waals surface area contributed by atoms with Gasteiger partial charge in [-0.3, -0.25) is 9.69 Å². The Labute approximate surface area is 189 Å². The van der Waals surface area contributed by atoms with E-state index < -0.39 is 0 Å². The van der Waals surface area contributed by atoms with E-state index in [9.17, 15) is 4.79 Å². The maximum Gasteiger partial charge on any atom is 0.223 e. The first-order chi connectivity index (χ1) is 15.3. The summed E-state index contributed by atoms with van der Waals surface area (Å²) in [4.78, 5) is 17.3. The Bertz CT molecular complexity index is 799. The third-order valence-electron chi connectivity index (χ3n) is 6.39. The highest BCUT2D eigenvalue weighted by atomic mass is 32.2. The van der Waals surface area contributed by atoms with E-state index in [1.54, 1.807) is 0 Å². The molecule has 1 amide bonds. The Morgan fingerprint density at radius 2 is 1.61 bits per heavy atom. The van der Waals surface area contributed by atoms with Crippen LogP contribution in [0.3, 0.4) is 0 Å². The molecule has 7 heteroatoms. The van der Waals surface area contributed by atoms with Gasteiger partial charge in [0, 0.05) is 63.0 Å². The quantitative estimate of drug-likeness (QED) is 0.553. The third kappa shape index (κ3) is 6.81. The highest BCUT2D eigenvalue weighted by Gasteiger charge is 2.27. The maximum atomic E-state index is 12.6. The van der Waals surface area contributed by atoms with Gasteiger partial charge in [0.25, 0.3) is 0 Å². The molecule has 4 rings (SSSR count). The van der Waals surface area contributed by atoms with Crippen molar-refractivity contribution in [2.45, 2.75) is 57.4 Å². The number of rotatable bonds is 9. The van der Waals surface area contributed by atoms with Crippen LogP contribution < -0.4 is 0 Å². The van der Waals surface area contributed by atoms with E-state index in [1.807, 2.05) is 11.0 Å². The fourth-order valence-corrected chi connectivity index (χ4v) is 5.47. The molecule has 0 atom stereocenters. The number of aryl methyl sites for hydroxylation is 3. The second-order valence-electron chi connectivity index (χ2n) is 8.54. The molecule has 6 nitrogen and oxygen atoms in total. The van der Waals surface area contributed by atoms with E-state index in [1.165, 1.54) is 30.2 Å². The molecule has 3 heterocycles. The van der Waals surface area contributed by atoms with E-state index in [2.05, 4.69) is 51.1 Å². The maximum absolute atomic E-state index is 12.6. The van der Waals surface area contributed by atoms with Crippen molar-refractivity contribution in [1.82, 2.24) is 20.0 Å². The monoisotopic (exact) mass is 442 g/mol. The summed E-state index contributed by atoms with van der Waals surface area (Å²) in [5.41, 5.74) is 1.37. The molecule has 168 valence electrons. The molecule has 2 aliphatic heterocycles. The highest BCUT2D eigenvalue weighted by molar-refractivity contribution is 7.99. The average molecular weight is 443 g/mol. The summed E-state index contributed by atoms with van der Waals surface area (Å²) in [5, 5.41) is 8.31. The predicted molar refractivity (Wildman–Crippen MR) is 124 cm³/mol. The largest absolute Gasteiger partial charge is 0.425 e. The lowest BCUT2D eigenvalue weighted by molar-refractivity contribution is -0.132. The van der Waals surface area contributed by atoms with Gasteiger partial charge in [-0.25, -0.2) is 0 Å². The van der Waals surface area contributed by atoms with Gasteiger partial charge in [-0.1, -0.05) is 30.3 Å². The van der Waals surface area contributed by atoms with Crippen molar-refractivity contribution in [3.8, 4) is 0 Å². The van der Waals surface area contributed by atoms with Gasteiger partial charge in [-0.2, -0.15) is 11.8 Å². The summed E-state index contributed by atoms with van der Waals surface area (Å²) in [6, 6.07) is 11.2. The van der Waals surface area contributed by atoms with Crippen molar-refractivity contribution < 1.29 is 9.21 Å². The van der Waals surface area contributed by atoms with Gasteiger partial charge in [-0.05, 0) is 37.7 Å². The zero-order valence-electron chi connectivity index (χ0n) is 18.4. The van der Waals surface area contributed by atoms with Crippen molar-refractivity contribution in [1.29, 1.82) is 0 Å². The number of hydrogen-bond acceptors (Lipinski definition) is 6. The summed E-state index contributed by atoms with van der Waals surface area (Å²) < 4.78 is 5.77. The number of likely N-dealkylation sites (tertiary alicyclic amines) is 1. The first-order valence-corrected chi connectivity index (χ1v) is 12.9. The third-order valence-corrected chi connectivity index (χ3v) is 7.33. The summed E-state index contributed by atoms with van der Waals surface area (Å²) in [5.74, 6) is 4.00. The number of piperidine rings is 1. The molecule has 31 heavy (non-hydrogen) atoms. The van der Waals surface area contributed by atoms with Gasteiger partial charge in [0.05, 0.1) is 0 Å². The zero-order valence-corrected chi connectivity index (χ0v) is 19.2. The molecule has 2 aliphatic rings. The van der Waals surface area contributed by atoms with E-state index >= 15 is 0 Å². The number of thioether (sulfide) groups is 1. The minimum atomic E-state index is 0.218. The van der Waals surface area contributed by atoms with Crippen molar-refractivity contribution in [2.75, 3.05) is 37.7 Å². The number of hydrogen-bond donors (Lipinski definition) is 0. The topological polar surface area (TPSA) is 62.5 Å². The number of carbonyl (C=O) groups excluding carboxylic acids is 1. The molecule has 1 aromatic heterocycles. The lowest BCUT2D eigenvalue weighted by Gasteiger charge is -2.40. The smallest absolute Gasteiger partial charge is 0.223 e.